The lowest BCUT2D eigenvalue weighted by molar-refractivity contribution is -0.121. The highest BCUT2D eigenvalue weighted by atomic mass is 16.5. The number of hydrogen-bond acceptors (Lipinski definition) is 5. The predicted molar refractivity (Wildman–Crippen MR) is 104 cm³/mol. The summed E-state index contributed by atoms with van der Waals surface area (Å²) in [5, 5.41) is 9.47. The quantitative estimate of drug-likeness (QED) is 0.659. The van der Waals surface area contributed by atoms with Crippen LogP contribution in [0, 0.1) is 5.92 Å². The Bertz CT molecular complexity index is 923. The Kier molecular flexibility index (Phi) is 6.16. The van der Waals surface area contributed by atoms with Crippen molar-refractivity contribution in [2.45, 2.75) is 19.9 Å². The van der Waals surface area contributed by atoms with Gasteiger partial charge in [0.05, 0.1) is 6.54 Å². The van der Waals surface area contributed by atoms with Gasteiger partial charge in [-0.3, -0.25) is 9.59 Å². The molecule has 1 aromatic heterocycles. The van der Waals surface area contributed by atoms with Gasteiger partial charge in [-0.05, 0) is 18.1 Å². The largest absolute Gasteiger partial charge is 0.343 e. The van der Waals surface area contributed by atoms with Gasteiger partial charge in [0.15, 0.2) is 0 Å². The standard InChI is InChI=1S/C21H22N4O3/c1-14(2)18(21-24-19(25-28-21)15-9-5-3-6-10-15)23-17(26)13-22-20(27)16-11-7-4-8-12-16/h3-12,14,18H,13H2,1-2H3,(H,22,27)(H,23,26)/t18-/m1/s1. The number of carbonyl (C=O) groups is 2. The summed E-state index contributed by atoms with van der Waals surface area (Å²) in [6.07, 6.45) is 0. The molecule has 28 heavy (non-hydrogen) atoms. The Labute approximate surface area is 163 Å². The number of aromatic nitrogens is 2. The summed E-state index contributed by atoms with van der Waals surface area (Å²) in [4.78, 5) is 28.8. The molecule has 1 atom stereocenters. The Hall–Kier alpha value is -3.48. The van der Waals surface area contributed by atoms with Crippen LogP contribution in [0.4, 0.5) is 0 Å². The fourth-order valence-corrected chi connectivity index (χ4v) is 2.66. The molecule has 2 N–H and O–H groups in total. The molecule has 0 bridgehead atoms. The fraction of sp³-hybridized carbons (Fsp3) is 0.238. The summed E-state index contributed by atoms with van der Waals surface area (Å²) >= 11 is 0. The van der Waals surface area contributed by atoms with Crippen LogP contribution in [-0.4, -0.2) is 28.5 Å². The summed E-state index contributed by atoms with van der Waals surface area (Å²) < 4.78 is 5.38. The van der Waals surface area contributed by atoms with Crippen molar-refractivity contribution in [1.29, 1.82) is 0 Å². The van der Waals surface area contributed by atoms with E-state index in [1.807, 2.05) is 50.2 Å². The summed E-state index contributed by atoms with van der Waals surface area (Å²) in [6.45, 7) is 3.75. The third kappa shape index (κ3) is 4.82. The molecule has 1 heterocycles. The number of carbonyl (C=O) groups excluding carboxylic acids is 2. The monoisotopic (exact) mass is 378 g/mol. The third-order valence-corrected chi connectivity index (χ3v) is 4.17. The first-order valence-electron chi connectivity index (χ1n) is 9.06. The highest BCUT2D eigenvalue weighted by molar-refractivity contribution is 5.96. The number of benzene rings is 2. The lowest BCUT2D eigenvalue weighted by Crippen LogP contribution is -2.40. The molecule has 0 spiro atoms. The lowest BCUT2D eigenvalue weighted by atomic mass is 10.0. The molecule has 2 amide bonds. The van der Waals surface area contributed by atoms with Crippen molar-refractivity contribution in [3.63, 3.8) is 0 Å². The SMILES string of the molecule is CC(C)[C@@H](NC(=O)CNC(=O)c1ccccc1)c1nc(-c2ccccc2)no1. The van der Waals surface area contributed by atoms with Crippen LogP contribution >= 0.6 is 0 Å². The number of rotatable bonds is 7. The molecule has 0 aliphatic heterocycles. The van der Waals surface area contributed by atoms with E-state index in [1.165, 1.54) is 0 Å². The van der Waals surface area contributed by atoms with Crippen molar-refractivity contribution in [2.24, 2.45) is 5.92 Å². The molecule has 3 aromatic rings. The molecule has 0 unspecified atom stereocenters. The Morgan fingerprint density at radius 1 is 1.00 bits per heavy atom. The highest BCUT2D eigenvalue weighted by Crippen LogP contribution is 2.23. The molecule has 0 saturated carbocycles. The van der Waals surface area contributed by atoms with Crippen LogP contribution in [0.5, 0.6) is 0 Å². The van der Waals surface area contributed by atoms with Crippen molar-refractivity contribution < 1.29 is 14.1 Å². The first-order chi connectivity index (χ1) is 13.5. The number of nitrogens with zero attached hydrogens (tertiary/aromatic N) is 2. The second kappa shape index (κ2) is 8.94. The van der Waals surface area contributed by atoms with Gasteiger partial charge in [-0.25, -0.2) is 0 Å². The lowest BCUT2D eigenvalue weighted by Gasteiger charge is -2.18. The molecule has 2 aromatic carbocycles. The van der Waals surface area contributed by atoms with Gasteiger partial charge in [0.25, 0.3) is 5.91 Å². The number of amides is 2. The topological polar surface area (TPSA) is 97.1 Å². The van der Waals surface area contributed by atoms with E-state index in [-0.39, 0.29) is 24.3 Å². The van der Waals surface area contributed by atoms with E-state index >= 15 is 0 Å². The molecule has 0 aliphatic rings. The maximum Gasteiger partial charge on any atom is 0.251 e. The summed E-state index contributed by atoms with van der Waals surface area (Å²) in [5.74, 6) is 0.186. The normalized spacial score (nSPS) is 11.8. The Morgan fingerprint density at radius 3 is 2.29 bits per heavy atom. The second-order valence-electron chi connectivity index (χ2n) is 6.66. The maximum atomic E-state index is 12.3. The van der Waals surface area contributed by atoms with Gasteiger partial charge in [0, 0.05) is 11.1 Å². The van der Waals surface area contributed by atoms with Crippen LogP contribution in [0.15, 0.2) is 65.2 Å². The van der Waals surface area contributed by atoms with Crippen LogP contribution in [0.1, 0.15) is 36.1 Å². The summed E-state index contributed by atoms with van der Waals surface area (Å²) in [6, 6.07) is 17.7. The van der Waals surface area contributed by atoms with Crippen LogP contribution in [0.2, 0.25) is 0 Å². The van der Waals surface area contributed by atoms with Crippen LogP contribution in [0.3, 0.4) is 0 Å². The van der Waals surface area contributed by atoms with E-state index < -0.39 is 6.04 Å². The minimum atomic E-state index is -0.453. The second-order valence-corrected chi connectivity index (χ2v) is 6.66. The van der Waals surface area contributed by atoms with E-state index in [0.29, 0.717) is 17.3 Å². The zero-order chi connectivity index (χ0) is 19.9. The first-order valence-corrected chi connectivity index (χ1v) is 9.06. The van der Waals surface area contributed by atoms with Gasteiger partial charge in [-0.2, -0.15) is 4.98 Å². The summed E-state index contributed by atoms with van der Waals surface area (Å²) in [7, 11) is 0. The van der Waals surface area contributed by atoms with Crippen molar-refractivity contribution >= 4 is 11.8 Å². The molecule has 0 fully saturated rings. The summed E-state index contributed by atoms with van der Waals surface area (Å²) in [5.41, 5.74) is 1.33. The van der Waals surface area contributed by atoms with Gasteiger partial charge >= 0.3 is 0 Å². The van der Waals surface area contributed by atoms with Gasteiger partial charge in [0.2, 0.25) is 17.6 Å². The van der Waals surface area contributed by atoms with E-state index in [2.05, 4.69) is 20.8 Å². The number of nitrogens with one attached hydrogen (secondary N) is 2. The average molecular weight is 378 g/mol. The predicted octanol–water partition coefficient (Wildman–Crippen LogP) is 2.98. The third-order valence-electron chi connectivity index (χ3n) is 4.17. The van der Waals surface area contributed by atoms with Crippen LogP contribution < -0.4 is 10.6 Å². The first kappa shape index (κ1) is 19.3. The number of hydrogen-bond donors (Lipinski definition) is 2. The molecule has 7 heteroatoms. The van der Waals surface area contributed by atoms with Gasteiger partial charge < -0.3 is 15.2 Å². The molecule has 0 saturated heterocycles. The molecule has 7 nitrogen and oxygen atoms in total. The van der Waals surface area contributed by atoms with Gasteiger partial charge in [-0.15, -0.1) is 0 Å². The maximum absolute atomic E-state index is 12.3. The molecule has 0 aliphatic carbocycles. The van der Waals surface area contributed by atoms with Crippen LogP contribution in [-0.2, 0) is 4.79 Å². The molecular weight excluding hydrogens is 356 g/mol. The smallest absolute Gasteiger partial charge is 0.251 e. The van der Waals surface area contributed by atoms with Crippen molar-refractivity contribution in [1.82, 2.24) is 20.8 Å². The van der Waals surface area contributed by atoms with E-state index in [4.69, 9.17) is 4.52 Å². The molecule has 144 valence electrons. The fourth-order valence-electron chi connectivity index (χ4n) is 2.66. The Balaban J connectivity index is 1.62. The zero-order valence-corrected chi connectivity index (χ0v) is 15.8. The van der Waals surface area contributed by atoms with E-state index in [0.717, 1.165) is 5.56 Å². The average Bonchev–Trinajstić information content (AvgIpc) is 3.21. The molecule has 3 rings (SSSR count). The van der Waals surface area contributed by atoms with Crippen molar-refractivity contribution in [3.8, 4) is 11.4 Å². The van der Waals surface area contributed by atoms with Crippen LogP contribution in [0.25, 0.3) is 11.4 Å². The highest BCUT2D eigenvalue weighted by Gasteiger charge is 2.25. The van der Waals surface area contributed by atoms with E-state index in [9.17, 15) is 9.59 Å². The van der Waals surface area contributed by atoms with E-state index in [1.54, 1.807) is 24.3 Å². The van der Waals surface area contributed by atoms with Gasteiger partial charge in [0.1, 0.15) is 6.04 Å². The Morgan fingerprint density at radius 2 is 1.64 bits per heavy atom. The molecular formula is C21H22N4O3. The van der Waals surface area contributed by atoms with Gasteiger partial charge in [-0.1, -0.05) is 67.5 Å². The minimum Gasteiger partial charge on any atom is -0.343 e. The zero-order valence-electron chi connectivity index (χ0n) is 15.8. The van der Waals surface area contributed by atoms with Crippen molar-refractivity contribution in [2.75, 3.05) is 6.54 Å². The molecule has 0 radical (unpaired) electrons. The van der Waals surface area contributed by atoms with Crippen molar-refractivity contribution in [3.05, 3.63) is 72.1 Å². The minimum absolute atomic E-state index is 0.0258.